The molecule has 2 rings (SSSR count). The normalized spacial score (nSPS) is 35.7. The molecule has 2 aliphatic rings. The highest BCUT2D eigenvalue weighted by atomic mass is 16.5. The highest BCUT2D eigenvalue weighted by molar-refractivity contribution is 5.71. The Hall–Kier alpha value is -0.610. The molecule has 1 unspecified atom stereocenters. The third kappa shape index (κ3) is 2.74. The molecule has 0 aromatic carbocycles. The van der Waals surface area contributed by atoms with Crippen LogP contribution in [0, 0.1) is 11.8 Å². The van der Waals surface area contributed by atoms with Gasteiger partial charge in [-0.2, -0.15) is 0 Å². The lowest BCUT2D eigenvalue weighted by atomic mass is 9.99. The van der Waals surface area contributed by atoms with E-state index in [1.54, 1.807) is 0 Å². The van der Waals surface area contributed by atoms with Crippen molar-refractivity contribution >= 4 is 5.97 Å². The van der Waals surface area contributed by atoms with Crippen molar-refractivity contribution in [2.24, 2.45) is 11.8 Å². The van der Waals surface area contributed by atoms with E-state index in [4.69, 9.17) is 9.84 Å². The summed E-state index contributed by atoms with van der Waals surface area (Å²) >= 11 is 0. The average molecular weight is 227 g/mol. The quantitative estimate of drug-likeness (QED) is 0.784. The van der Waals surface area contributed by atoms with Gasteiger partial charge in [-0.1, -0.05) is 6.92 Å². The predicted octanol–water partition coefficient (Wildman–Crippen LogP) is 1.21. The summed E-state index contributed by atoms with van der Waals surface area (Å²) in [6.45, 7) is 5.55. The Bertz CT molecular complexity index is 251. The van der Waals surface area contributed by atoms with Gasteiger partial charge in [-0.15, -0.1) is 0 Å². The molecule has 4 heteroatoms. The first-order chi connectivity index (χ1) is 7.66. The van der Waals surface area contributed by atoms with E-state index in [2.05, 4.69) is 4.90 Å². The molecule has 2 fully saturated rings. The molecule has 2 aliphatic heterocycles. The van der Waals surface area contributed by atoms with Crippen LogP contribution in [0.25, 0.3) is 0 Å². The minimum atomic E-state index is -0.646. The summed E-state index contributed by atoms with van der Waals surface area (Å²) in [4.78, 5) is 13.2. The van der Waals surface area contributed by atoms with Crippen LogP contribution in [0.15, 0.2) is 0 Å². The average Bonchev–Trinajstić information content (AvgIpc) is 2.83. The van der Waals surface area contributed by atoms with Gasteiger partial charge in [-0.25, -0.2) is 0 Å². The van der Waals surface area contributed by atoms with Crippen LogP contribution in [-0.4, -0.2) is 48.3 Å². The van der Waals surface area contributed by atoms with Crippen LogP contribution in [0.5, 0.6) is 0 Å². The molecular weight excluding hydrogens is 206 g/mol. The fourth-order valence-electron chi connectivity index (χ4n) is 2.77. The monoisotopic (exact) mass is 227 g/mol. The van der Waals surface area contributed by atoms with Gasteiger partial charge in [0.25, 0.3) is 0 Å². The van der Waals surface area contributed by atoms with E-state index in [1.165, 1.54) is 12.8 Å². The van der Waals surface area contributed by atoms with E-state index in [1.807, 2.05) is 6.92 Å². The van der Waals surface area contributed by atoms with Crippen molar-refractivity contribution in [3.05, 3.63) is 0 Å². The summed E-state index contributed by atoms with van der Waals surface area (Å²) < 4.78 is 5.57. The van der Waals surface area contributed by atoms with Gasteiger partial charge in [0.15, 0.2) is 0 Å². The topological polar surface area (TPSA) is 49.8 Å². The maximum absolute atomic E-state index is 11.0. The van der Waals surface area contributed by atoms with Gasteiger partial charge in [-0.3, -0.25) is 4.79 Å². The molecule has 2 heterocycles. The molecule has 0 aromatic rings. The number of hydrogen-bond donors (Lipinski definition) is 1. The van der Waals surface area contributed by atoms with Crippen LogP contribution in [0.3, 0.4) is 0 Å². The lowest BCUT2D eigenvalue weighted by Gasteiger charge is -2.17. The number of nitrogens with zero attached hydrogens (tertiary/aromatic N) is 1. The molecule has 0 amide bonds. The van der Waals surface area contributed by atoms with E-state index < -0.39 is 5.97 Å². The molecule has 1 N–H and O–H groups in total. The standard InChI is InChI=1S/C12H21NO3/c1-9-7-13(8-11(9)12(14)15)5-4-10-3-2-6-16-10/h9-11H,2-8H2,1H3,(H,14,15)/t9-,10?,11-/m1/s1. The van der Waals surface area contributed by atoms with Gasteiger partial charge >= 0.3 is 5.97 Å². The van der Waals surface area contributed by atoms with E-state index in [0.29, 0.717) is 12.6 Å². The van der Waals surface area contributed by atoms with Crippen LogP contribution in [0.4, 0.5) is 0 Å². The molecule has 0 bridgehead atoms. The smallest absolute Gasteiger partial charge is 0.308 e. The minimum absolute atomic E-state index is 0.176. The zero-order valence-electron chi connectivity index (χ0n) is 9.89. The van der Waals surface area contributed by atoms with Crippen molar-refractivity contribution < 1.29 is 14.6 Å². The van der Waals surface area contributed by atoms with E-state index >= 15 is 0 Å². The summed E-state index contributed by atoms with van der Waals surface area (Å²) in [5.74, 6) is -0.543. The van der Waals surface area contributed by atoms with Gasteiger partial charge in [-0.05, 0) is 25.2 Å². The largest absolute Gasteiger partial charge is 0.481 e. The Labute approximate surface area is 96.6 Å². The van der Waals surface area contributed by atoms with Gasteiger partial charge in [0, 0.05) is 26.2 Å². The fourth-order valence-corrected chi connectivity index (χ4v) is 2.77. The van der Waals surface area contributed by atoms with Crippen LogP contribution >= 0.6 is 0 Å². The first-order valence-corrected chi connectivity index (χ1v) is 6.23. The van der Waals surface area contributed by atoms with Crippen molar-refractivity contribution in [1.29, 1.82) is 0 Å². The van der Waals surface area contributed by atoms with Crippen molar-refractivity contribution in [3.8, 4) is 0 Å². The summed E-state index contributed by atoms with van der Waals surface area (Å²) in [5.41, 5.74) is 0. The molecule has 2 saturated heterocycles. The summed E-state index contributed by atoms with van der Waals surface area (Å²) in [7, 11) is 0. The van der Waals surface area contributed by atoms with Crippen molar-refractivity contribution in [2.75, 3.05) is 26.2 Å². The highest BCUT2D eigenvalue weighted by Gasteiger charge is 2.34. The third-order valence-corrected chi connectivity index (χ3v) is 3.80. The van der Waals surface area contributed by atoms with E-state index in [-0.39, 0.29) is 11.8 Å². The third-order valence-electron chi connectivity index (χ3n) is 3.80. The van der Waals surface area contributed by atoms with Crippen LogP contribution < -0.4 is 0 Å². The van der Waals surface area contributed by atoms with Crippen LogP contribution in [0.1, 0.15) is 26.2 Å². The second-order valence-electron chi connectivity index (χ2n) is 5.11. The Balaban J connectivity index is 1.73. The molecular formula is C12H21NO3. The first kappa shape index (κ1) is 11.9. The molecule has 4 nitrogen and oxygen atoms in total. The molecule has 0 spiro atoms. The van der Waals surface area contributed by atoms with Crippen LogP contribution in [0.2, 0.25) is 0 Å². The number of aliphatic carboxylic acids is 1. The van der Waals surface area contributed by atoms with Gasteiger partial charge in [0.1, 0.15) is 0 Å². The number of carbonyl (C=O) groups is 1. The fraction of sp³-hybridized carbons (Fsp3) is 0.917. The van der Waals surface area contributed by atoms with Crippen LogP contribution in [-0.2, 0) is 9.53 Å². The molecule has 0 aliphatic carbocycles. The molecule has 3 atom stereocenters. The second kappa shape index (κ2) is 5.15. The number of likely N-dealkylation sites (tertiary alicyclic amines) is 1. The summed E-state index contributed by atoms with van der Waals surface area (Å²) in [5, 5.41) is 9.03. The first-order valence-electron chi connectivity index (χ1n) is 6.23. The summed E-state index contributed by atoms with van der Waals surface area (Å²) in [6, 6.07) is 0. The van der Waals surface area contributed by atoms with Gasteiger partial charge in [0.05, 0.1) is 12.0 Å². The molecule has 0 aromatic heterocycles. The zero-order chi connectivity index (χ0) is 11.5. The number of carboxylic acid groups (broad SMARTS) is 1. The predicted molar refractivity (Wildman–Crippen MR) is 60.3 cm³/mol. The van der Waals surface area contributed by atoms with E-state index in [9.17, 15) is 4.79 Å². The van der Waals surface area contributed by atoms with Crippen molar-refractivity contribution in [1.82, 2.24) is 4.90 Å². The van der Waals surface area contributed by atoms with Gasteiger partial charge < -0.3 is 14.7 Å². The minimum Gasteiger partial charge on any atom is -0.481 e. The maximum atomic E-state index is 11.0. The number of ether oxygens (including phenoxy) is 1. The Morgan fingerprint density at radius 1 is 1.50 bits per heavy atom. The Kier molecular flexibility index (Phi) is 3.82. The molecule has 0 radical (unpaired) electrons. The Morgan fingerprint density at radius 2 is 2.31 bits per heavy atom. The molecule has 0 saturated carbocycles. The summed E-state index contributed by atoms with van der Waals surface area (Å²) in [6.07, 6.45) is 3.82. The Morgan fingerprint density at radius 3 is 2.88 bits per heavy atom. The number of hydrogen-bond acceptors (Lipinski definition) is 3. The highest BCUT2D eigenvalue weighted by Crippen LogP contribution is 2.24. The van der Waals surface area contributed by atoms with Crippen molar-refractivity contribution in [3.63, 3.8) is 0 Å². The molecule has 92 valence electrons. The lowest BCUT2D eigenvalue weighted by molar-refractivity contribution is -0.142. The number of rotatable bonds is 4. The lowest BCUT2D eigenvalue weighted by Crippen LogP contribution is -2.26. The maximum Gasteiger partial charge on any atom is 0.308 e. The second-order valence-corrected chi connectivity index (χ2v) is 5.11. The zero-order valence-corrected chi connectivity index (χ0v) is 9.89. The van der Waals surface area contributed by atoms with E-state index in [0.717, 1.165) is 26.1 Å². The SMILES string of the molecule is C[C@@H]1CN(CCC2CCCO2)C[C@H]1C(=O)O. The molecule has 16 heavy (non-hydrogen) atoms. The number of carboxylic acids is 1. The van der Waals surface area contributed by atoms with Crippen molar-refractivity contribution in [2.45, 2.75) is 32.3 Å². The van der Waals surface area contributed by atoms with Gasteiger partial charge in [0.2, 0.25) is 0 Å².